The number of nitro groups is 1. The van der Waals surface area contributed by atoms with Crippen LogP contribution in [0.1, 0.15) is 15.9 Å². The molecule has 0 fully saturated rings. The predicted octanol–water partition coefficient (Wildman–Crippen LogP) is 2.88. The molecule has 0 aliphatic carbocycles. The molecule has 0 bridgehead atoms. The lowest BCUT2D eigenvalue weighted by Gasteiger charge is -2.10. The summed E-state index contributed by atoms with van der Waals surface area (Å²) in [5.41, 5.74) is -0.578. The van der Waals surface area contributed by atoms with Gasteiger partial charge in [-0.25, -0.2) is 4.79 Å². The van der Waals surface area contributed by atoms with E-state index in [0.29, 0.717) is 0 Å². The van der Waals surface area contributed by atoms with Gasteiger partial charge in [0.05, 0.1) is 17.6 Å². The summed E-state index contributed by atoms with van der Waals surface area (Å²) in [7, 11) is 1.11. The second-order valence-corrected chi connectivity index (χ2v) is 3.80. The van der Waals surface area contributed by atoms with Crippen LogP contribution in [0.15, 0.2) is 12.1 Å². The van der Waals surface area contributed by atoms with Crippen molar-refractivity contribution in [2.45, 2.75) is 11.9 Å². The lowest BCUT2D eigenvalue weighted by molar-refractivity contribution is -0.386. The Bertz CT molecular complexity index is 509. The van der Waals surface area contributed by atoms with E-state index in [1.165, 1.54) is 0 Å². The van der Waals surface area contributed by atoms with Gasteiger partial charge in [-0.3, -0.25) is 10.1 Å². The highest BCUT2D eigenvalue weighted by atomic mass is 79.9. The summed E-state index contributed by atoms with van der Waals surface area (Å²) in [5, 5.41) is 10.9. The Morgan fingerprint density at radius 1 is 1.53 bits per heavy atom. The number of hydrogen-bond acceptors (Lipinski definition) is 5. The topological polar surface area (TPSA) is 78.7 Å². The molecule has 0 aliphatic rings. The normalized spacial score (nSPS) is 10.4. The van der Waals surface area contributed by atoms with E-state index in [4.69, 9.17) is 0 Å². The Morgan fingerprint density at radius 2 is 2.16 bits per heavy atom. The number of ether oxygens (including phenoxy) is 2. The summed E-state index contributed by atoms with van der Waals surface area (Å²) in [6, 6.07) is 1.85. The predicted molar refractivity (Wildman–Crippen MR) is 63.7 cm³/mol. The Balaban J connectivity index is 3.41. The monoisotopic (exact) mass is 339 g/mol. The molecule has 0 saturated heterocycles. The zero-order valence-corrected chi connectivity index (χ0v) is 11.1. The second-order valence-electron chi connectivity index (χ2n) is 3.24. The molecular weight excluding hydrogens is 332 g/mol. The first kappa shape index (κ1) is 15.3. The van der Waals surface area contributed by atoms with E-state index in [1.807, 2.05) is 0 Å². The van der Waals surface area contributed by atoms with E-state index in [-0.39, 0.29) is 16.5 Å². The molecule has 9 heteroatoms. The standard InChI is InChI=1S/C10H8BrF2NO5/c1-18-9(15)6-3-7(14(16)17)8(19-10(12)13)2-5(6)4-11/h2-3,10H,4H2,1H3. The van der Waals surface area contributed by atoms with Crippen LogP contribution in [0.5, 0.6) is 5.75 Å². The molecule has 0 amide bonds. The summed E-state index contributed by atoms with van der Waals surface area (Å²) < 4.78 is 32.9. The molecule has 0 heterocycles. The quantitative estimate of drug-likeness (QED) is 0.356. The molecule has 0 unspecified atom stereocenters. The van der Waals surface area contributed by atoms with Crippen molar-refractivity contribution in [2.24, 2.45) is 0 Å². The fourth-order valence-electron chi connectivity index (χ4n) is 1.35. The third kappa shape index (κ3) is 3.60. The summed E-state index contributed by atoms with van der Waals surface area (Å²) in [5.74, 6) is -1.41. The average molecular weight is 340 g/mol. The van der Waals surface area contributed by atoms with Crippen molar-refractivity contribution in [3.05, 3.63) is 33.4 Å². The molecule has 104 valence electrons. The number of nitrogens with zero attached hydrogens (tertiary/aromatic N) is 1. The average Bonchev–Trinajstić information content (AvgIpc) is 2.36. The van der Waals surface area contributed by atoms with Crippen molar-refractivity contribution in [3.63, 3.8) is 0 Å². The maximum absolute atomic E-state index is 12.2. The van der Waals surface area contributed by atoms with Crippen LogP contribution in [0.2, 0.25) is 0 Å². The molecule has 0 aromatic heterocycles. The van der Waals surface area contributed by atoms with Gasteiger partial charge in [-0.2, -0.15) is 8.78 Å². The van der Waals surface area contributed by atoms with Crippen molar-refractivity contribution in [3.8, 4) is 5.75 Å². The number of alkyl halides is 3. The van der Waals surface area contributed by atoms with E-state index in [0.717, 1.165) is 19.2 Å². The van der Waals surface area contributed by atoms with Gasteiger partial charge in [0.25, 0.3) is 0 Å². The number of methoxy groups -OCH3 is 1. The smallest absolute Gasteiger partial charge is 0.387 e. The third-order valence-electron chi connectivity index (χ3n) is 2.15. The Labute approximate surface area is 114 Å². The first-order chi connectivity index (χ1) is 8.90. The van der Waals surface area contributed by atoms with Crippen LogP contribution in [0.4, 0.5) is 14.5 Å². The van der Waals surface area contributed by atoms with Gasteiger partial charge in [-0.05, 0) is 11.6 Å². The SMILES string of the molecule is COC(=O)c1cc([N+](=O)[O-])c(OC(F)F)cc1CBr. The van der Waals surface area contributed by atoms with Crippen LogP contribution < -0.4 is 4.74 Å². The first-order valence-corrected chi connectivity index (χ1v) is 5.93. The van der Waals surface area contributed by atoms with Crippen LogP contribution in [-0.2, 0) is 10.1 Å². The molecule has 6 nitrogen and oxygen atoms in total. The van der Waals surface area contributed by atoms with Gasteiger partial charge >= 0.3 is 18.3 Å². The molecule has 19 heavy (non-hydrogen) atoms. The molecule has 0 saturated carbocycles. The zero-order valence-electron chi connectivity index (χ0n) is 9.56. The number of hydrogen-bond donors (Lipinski definition) is 0. The van der Waals surface area contributed by atoms with Crippen LogP contribution >= 0.6 is 15.9 Å². The maximum atomic E-state index is 12.2. The summed E-state index contributed by atoms with van der Waals surface area (Å²) in [6.07, 6.45) is 0. The highest BCUT2D eigenvalue weighted by Crippen LogP contribution is 2.33. The van der Waals surface area contributed by atoms with Gasteiger partial charge in [-0.15, -0.1) is 0 Å². The lowest BCUT2D eigenvalue weighted by atomic mass is 10.1. The van der Waals surface area contributed by atoms with Gasteiger partial charge < -0.3 is 9.47 Å². The van der Waals surface area contributed by atoms with Gasteiger partial charge in [0.1, 0.15) is 0 Å². The number of carbonyl (C=O) groups is 1. The van der Waals surface area contributed by atoms with Crippen molar-refractivity contribution in [1.82, 2.24) is 0 Å². The third-order valence-corrected chi connectivity index (χ3v) is 2.75. The van der Waals surface area contributed by atoms with Gasteiger partial charge in [0.2, 0.25) is 5.75 Å². The molecular formula is C10H8BrF2NO5. The van der Waals surface area contributed by atoms with E-state index < -0.39 is 28.9 Å². The van der Waals surface area contributed by atoms with E-state index in [9.17, 15) is 23.7 Å². The minimum Gasteiger partial charge on any atom is -0.465 e. The summed E-state index contributed by atoms with van der Waals surface area (Å²) in [4.78, 5) is 21.3. The number of rotatable bonds is 5. The van der Waals surface area contributed by atoms with Crippen molar-refractivity contribution in [2.75, 3.05) is 7.11 Å². The largest absolute Gasteiger partial charge is 0.465 e. The highest BCUT2D eigenvalue weighted by Gasteiger charge is 2.24. The Hall–Kier alpha value is -1.77. The number of carbonyl (C=O) groups excluding carboxylic acids is 1. The first-order valence-electron chi connectivity index (χ1n) is 4.81. The highest BCUT2D eigenvalue weighted by molar-refractivity contribution is 9.08. The number of benzene rings is 1. The minimum atomic E-state index is -3.20. The van der Waals surface area contributed by atoms with Crippen molar-refractivity contribution >= 4 is 27.6 Å². The minimum absolute atomic E-state index is 0.0901. The molecule has 0 atom stereocenters. The molecule has 1 aromatic rings. The van der Waals surface area contributed by atoms with E-state index in [1.54, 1.807) is 0 Å². The van der Waals surface area contributed by atoms with Crippen LogP contribution in [0, 0.1) is 10.1 Å². The number of halogens is 3. The van der Waals surface area contributed by atoms with Gasteiger partial charge in [0.15, 0.2) is 0 Å². The Morgan fingerprint density at radius 3 is 2.58 bits per heavy atom. The van der Waals surface area contributed by atoms with Crippen LogP contribution in [0.25, 0.3) is 0 Å². The maximum Gasteiger partial charge on any atom is 0.387 e. The summed E-state index contributed by atoms with van der Waals surface area (Å²) in [6.45, 7) is -3.20. The molecule has 0 radical (unpaired) electrons. The van der Waals surface area contributed by atoms with Gasteiger partial charge in [-0.1, -0.05) is 15.9 Å². The second kappa shape index (κ2) is 6.41. The Kier molecular flexibility index (Phi) is 5.16. The molecule has 1 rings (SSSR count). The van der Waals surface area contributed by atoms with E-state index in [2.05, 4.69) is 25.4 Å². The van der Waals surface area contributed by atoms with Crippen molar-refractivity contribution < 1.29 is 28.0 Å². The zero-order chi connectivity index (χ0) is 14.6. The molecule has 1 aromatic carbocycles. The summed E-state index contributed by atoms with van der Waals surface area (Å²) >= 11 is 3.05. The molecule has 0 spiro atoms. The molecule has 0 aliphatic heterocycles. The van der Waals surface area contributed by atoms with Crippen LogP contribution in [-0.4, -0.2) is 24.6 Å². The van der Waals surface area contributed by atoms with Gasteiger partial charge in [0, 0.05) is 11.4 Å². The fraction of sp³-hybridized carbons (Fsp3) is 0.300. The number of esters is 1. The number of nitro benzene ring substituents is 1. The molecule has 0 N–H and O–H groups in total. The fourth-order valence-corrected chi connectivity index (χ4v) is 1.82. The van der Waals surface area contributed by atoms with Crippen molar-refractivity contribution in [1.29, 1.82) is 0 Å². The lowest BCUT2D eigenvalue weighted by Crippen LogP contribution is -2.09. The van der Waals surface area contributed by atoms with Crippen LogP contribution in [0.3, 0.4) is 0 Å². The van der Waals surface area contributed by atoms with E-state index >= 15 is 0 Å².